The monoisotopic (exact) mass is 428 g/mol. The first-order chi connectivity index (χ1) is 15.0. The van der Waals surface area contributed by atoms with Crippen molar-refractivity contribution in [3.8, 4) is 11.5 Å². The normalized spacial score (nSPS) is 20.7. The molecule has 2 aromatic rings. The highest BCUT2D eigenvalue weighted by molar-refractivity contribution is 5.95. The minimum absolute atomic E-state index is 0.0628. The molecule has 7 nitrogen and oxygen atoms in total. The fourth-order valence-electron chi connectivity index (χ4n) is 3.91. The second-order valence-corrected chi connectivity index (χ2v) is 7.70. The van der Waals surface area contributed by atoms with Gasteiger partial charge in [-0.05, 0) is 42.3 Å². The number of ether oxygens (including phenoxy) is 3. The smallest absolute Gasteiger partial charge is 0.243 e. The molecule has 2 fully saturated rings. The number of rotatable bonds is 7. The van der Waals surface area contributed by atoms with Gasteiger partial charge in [-0.15, -0.1) is 0 Å². The van der Waals surface area contributed by atoms with Crippen LogP contribution in [-0.2, 0) is 14.3 Å². The lowest BCUT2D eigenvalue weighted by Gasteiger charge is -2.19. The van der Waals surface area contributed by atoms with Gasteiger partial charge in [0.25, 0.3) is 0 Å². The average molecular weight is 428 g/mol. The molecule has 4 rings (SSSR count). The lowest BCUT2D eigenvalue weighted by molar-refractivity contribution is -0.131. The molecule has 0 radical (unpaired) electrons. The molecule has 0 bridgehead atoms. The highest BCUT2D eigenvalue weighted by atomic mass is 19.1. The molecule has 2 heterocycles. The largest absolute Gasteiger partial charge is 0.493 e. The summed E-state index contributed by atoms with van der Waals surface area (Å²) < 4.78 is 30.2. The molecule has 2 aliphatic rings. The minimum atomic E-state index is -0.435. The van der Waals surface area contributed by atoms with Crippen LogP contribution >= 0.6 is 0 Å². The van der Waals surface area contributed by atoms with E-state index in [1.54, 1.807) is 13.2 Å². The van der Waals surface area contributed by atoms with Gasteiger partial charge in [0.15, 0.2) is 17.8 Å². The number of nitrogens with one attached hydrogen (secondary N) is 1. The van der Waals surface area contributed by atoms with Gasteiger partial charge in [-0.1, -0.05) is 12.1 Å². The molecule has 1 unspecified atom stereocenters. The van der Waals surface area contributed by atoms with E-state index in [0.29, 0.717) is 36.8 Å². The molecule has 0 aromatic heterocycles. The van der Waals surface area contributed by atoms with Gasteiger partial charge >= 0.3 is 0 Å². The van der Waals surface area contributed by atoms with Gasteiger partial charge < -0.3 is 24.4 Å². The summed E-state index contributed by atoms with van der Waals surface area (Å²) in [7, 11) is 1.58. The van der Waals surface area contributed by atoms with Gasteiger partial charge in [0.05, 0.1) is 20.3 Å². The topological polar surface area (TPSA) is 77.1 Å². The van der Waals surface area contributed by atoms with Crippen molar-refractivity contribution in [3.63, 3.8) is 0 Å². The molecule has 2 aromatic carbocycles. The van der Waals surface area contributed by atoms with E-state index in [2.05, 4.69) is 5.32 Å². The molecular weight excluding hydrogens is 403 g/mol. The van der Waals surface area contributed by atoms with Crippen LogP contribution in [0.5, 0.6) is 11.5 Å². The van der Waals surface area contributed by atoms with E-state index in [4.69, 9.17) is 14.2 Å². The summed E-state index contributed by atoms with van der Waals surface area (Å²) in [5.41, 5.74) is 1.30. The Bertz CT molecular complexity index is 961. The van der Waals surface area contributed by atoms with Crippen LogP contribution in [0.3, 0.4) is 0 Å². The predicted octanol–water partition coefficient (Wildman–Crippen LogP) is 3.30. The minimum Gasteiger partial charge on any atom is -0.493 e. The number of likely N-dealkylation sites (tertiary alicyclic amines) is 1. The Kier molecular flexibility index (Phi) is 6.36. The van der Waals surface area contributed by atoms with Crippen molar-refractivity contribution in [2.75, 3.05) is 32.1 Å². The molecule has 2 aliphatic heterocycles. The highest BCUT2D eigenvalue weighted by Gasteiger charge is 2.32. The summed E-state index contributed by atoms with van der Waals surface area (Å²) in [6, 6.07) is 11.3. The van der Waals surface area contributed by atoms with Crippen molar-refractivity contribution in [1.82, 2.24) is 4.90 Å². The number of amides is 2. The number of anilines is 1. The van der Waals surface area contributed by atoms with Crippen LogP contribution in [0.25, 0.3) is 0 Å². The first-order valence-corrected chi connectivity index (χ1v) is 10.3. The molecule has 31 heavy (non-hydrogen) atoms. The summed E-state index contributed by atoms with van der Waals surface area (Å²) in [6.07, 6.45) is 1.79. The van der Waals surface area contributed by atoms with Crippen LogP contribution in [0.1, 0.15) is 30.7 Å². The zero-order chi connectivity index (χ0) is 21.8. The number of benzene rings is 2. The van der Waals surface area contributed by atoms with Crippen LogP contribution in [-0.4, -0.2) is 49.8 Å². The van der Waals surface area contributed by atoms with Crippen molar-refractivity contribution < 1.29 is 28.2 Å². The number of hydrogen-bond acceptors (Lipinski definition) is 5. The van der Waals surface area contributed by atoms with Crippen molar-refractivity contribution in [1.29, 1.82) is 0 Å². The molecule has 164 valence electrons. The Hall–Kier alpha value is -3.13. The van der Waals surface area contributed by atoms with Gasteiger partial charge in [0.2, 0.25) is 11.8 Å². The number of methoxy groups -OCH3 is 1. The Morgan fingerprint density at radius 2 is 2.13 bits per heavy atom. The van der Waals surface area contributed by atoms with Crippen LogP contribution in [0.15, 0.2) is 42.5 Å². The Labute approximate surface area is 180 Å². The molecule has 0 spiro atoms. The zero-order valence-electron chi connectivity index (χ0n) is 17.3. The fraction of sp³-hybridized carbons (Fsp3) is 0.391. The maximum atomic E-state index is 13.3. The SMILES string of the molecule is COc1ccc([C@H]2CC(=O)N(CC(=O)Nc3cccc(F)c3)C2)cc1OC1CCCO1. The lowest BCUT2D eigenvalue weighted by Crippen LogP contribution is -2.34. The zero-order valence-corrected chi connectivity index (χ0v) is 17.3. The summed E-state index contributed by atoms with van der Waals surface area (Å²) in [5.74, 6) is 0.230. The first kappa shape index (κ1) is 21.1. The second-order valence-electron chi connectivity index (χ2n) is 7.70. The molecule has 2 atom stereocenters. The summed E-state index contributed by atoms with van der Waals surface area (Å²) in [5, 5.41) is 2.63. The lowest BCUT2D eigenvalue weighted by atomic mass is 9.98. The molecule has 2 saturated heterocycles. The number of hydrogen-bond donors (Lipinski definition) is 1. The van der Waals surface area contributed by atoms with Crippen LogP contribution < -0.4 is 14.8 Å². The predicted molar refractivity (Wildman–Crippen MR) is 112 cm³/mol. The van der Waals surface area contributed by atoms with Crippen LogP contribution in [0, 0.1) is 5.82 Å². The highest BCUT2D eigenvalue weighted by Crippen LogP contribution is 2.36. The van der Waals surface area contributed by atoms with Gasteiger partial charge in [0.1, 0.15) is 5.82 Å². The summed E-state index contributed by atoms with van der Waals surface area (Å²) >= 11 is 0. The van der Waals surface area contributed by atoms with Crippen LogP contribution in [0.2, 0.25) is 0 Å². The molecule has 0 saturated carbocycles. The molecule has 0 aliphatic carbocycles. The van der Waals surface area contributed by atoms with Gasteiger partial charge in [-0.2, -0.15) is 0 Å². The standard InChI is InChI=1S/C23H25FN2O5/c1-29-19-8-7-15(10-20(19)31-23-6-3-9-30-23)16-11-22(28)26(13-16)14-21(27)25-18-5-2-4-17(24)12-18/h2,4-5,7-8,10,12,16,23H,3,6,9,11,13-14H2,1H3,(H,25,27)/t16-,23?/m0/s1. The van der Waals surface area contributed by atoms with Crippen LogP contribution in [0.4, 0.5) is 10.1 Å². The quantitative estimate of drug-likeness (QED) is 0.732. The summed E-state index contributed by atoms with van der Waals surface area (Å²) in [6.45, 7) is 1.01. The third kappa shape index (κ3) is 5.14. The third-order valence-electron chi connectivity index (χ3n) is 5.46. The maximum Gasteiger partial charge on any atom is 0.243 e. The van der Waals surface area contributed by atoms with Crippen molar-refractivity contribution in [2.24, 2.45) is 0 Å². The Balaban J connectivity index is 1.40. The van der Waals surface area contributed by atoms with E-state index in [1.165, 1.54) is 23.1 Å². The number of halogens is 1. The average Bonchev–Trinajstić information content (AvgIpc) is 3.38. The fourth-order valence-corrected chi connectivity index (χ4v) is 3.91. The van der Waals surface area contributed by atoms with E-state index in [9.17, 15) is 14.0 Å². The van der Waals surface area contributed by atoms with Gasteiger partial charge in [-0.25, -0.2) is 4.39 Å². The van der Waals surface area contributed by atoms with Crippen molar-refractivity contribution >= 4 is 17.5 Å². The van der Waals surface area contributed by atoms with Crippen molar-refractivity contribution in [3.05, 3.63) is 53.8 Å². The number of carbonyl (C=O) groups excluding carboxylic acids is 2. The number of carbonyl (C=O) groups is 2. The van der Waals surface area contributed by atoms with Gasteiger partial charge in [0, 0.05) is 31.0 Å². The first-order valence-electron chi connectivity index (χ1n) is 10.3. The molecule has 8 heteroatoms. The molecule has 2 amide bonds. The second kappa shape index (κ2) is 9.34. The van der Waals surface area contributed by atoms with Crippen molar-refractivity contribution in [2.45, 2.75) is 31.5 Å². The third-order valence-corrected chi connectivity index (χ3v) is 5.46. The van der Waals surface area contributed by atoms with E-state index in [1.807, 2.05) is 18.2 Å². The van der Waals surface area contributed by atoms with E-state index in [0.717, 1.165) is 18.4 Å². The molecular formula is C23H25FN2O5. The summed E-state index contributed by atoms with van der Waals surface area (Å²) in [4.78, 5) is 26.3. The van der Waals surface area contributed by atoms with E-state index in [-0.39, 0.29) is 30.6 Å². The molecule has 1 N–H and O–H groups in total. The van der Waals surface area contributed by atoms with Gasteiger partial charge in [-0.3, -0.25) is 9.59 Å². The Morgan fingerprint density at radius 3 is 2.87 bits per heavy atom. The van der Waals surface area contributed by atoms with E-state index >= 15 is 0 Å². The number of nitrogens with zero attached hydrogens (tertiary/aromatic N) is 1. The Morgan fingerprint density at radius 1 is 1.26 bits per heavy atom. The van der Waals surface area contributed by atoms with E-state index < -0.39 is 5.82 Å². The maximum absolute atomic E-state index is 13.3.